The zero-order valence-electron chi connectivity index (χ0n) is 15.9. The van der Waals surface area contributed by atoms with E-state index in [1.165, 1.54) is 50.5 Å². The Bertz CT molecular complexity index is 620. The smallest absolute Gasteiger partial charge is 0.225 e. The molecule has 1 atom stereocenters. The van der Waals surface area contributed by atoms with Gasteiger partial charge in [0.05, 0.1) is 0 Å². The van der Waals surface area contributed by atoms with Crippen molar-refractivity contribution >= 4 is 17.6 Å². The topological polar surface area (TPSA) is 65.5 Å². The highest BCUT2D eigenvalue weighted by Crippen LogP contribution is 2.31. The standard InChI is InChI=1S/C21H32N4O/c1-22-21(23-14-16-9-5-3-2-4-6-10-16)24-15-17-13-20(26)25-19-12-8-7-11-18(17)19/h7-8,11-12,16-17H,2-6,9-10,13-15H2,1H3,(H,25,26)(H2,22,23,24). The van der Waals surface area contributed by atoms with Crippen LogP contribution >= 0.6 is 0 Å². The van der Waals surface area contributed by atoms with Crippen LogP contribution in [0.2, 0.25) is 0 Å². The van der Waals surface area contributed by atoms with Crippen molar-refractivity contribution in [3.05, 3.63) is 29.8 Å². The minimum absolute atomic E-state index is 0.0907. The molecular formula is C21H32N4O. The minimum Gasteiger partial charge on any atom is -0.356 e. The minimum atomic E-state index is 0.0907. The maximum atomic E-state index is 12.0. The molecule has 0 aromatic heterocycles. The molecule has 5 heteroatoms. The Balaban J connectivity index is 1.50. The summed E-state index contributed by atoms with van der Waals surface area (Å²) in [7, 11) is 1.81. The second-order valence-corrected chi connectivity index (χ2v) is 7.58. The van der Waals surface area contributed by atoms with E-state index in [9.17, 15) is 4.79 Å². The van der Waals surface area contributed by atoms with E-state index >= 15 is 0 Å². The molecule has 0 bridgehead atoms. The molecule has 3 rings (SSSR count). The maximum absolute atomic E-state index is 12.0. The van der Waals surface area contributed by atoms with Crippen LogP contribution in [0.15, 0.2) is 29.3 Å². The van der Waals surface area contributed by atoms with E-state index in [1.54, 1.807) is 0 Å². The van der Waals surface area contributed by atoms with Gasteiger partial charge in [0.1, 0.15) is 0 Å². The number of benzene rings is 1. The molecule has 1 amide bonds. The van der Waals surface area contributed by atoms with E-state index in [-0.39, 0.29) is 11.8 Å². The van der Waals surface area contributed by atoms with Crippen molar-refractivity contribution in [1.29, 1.82) is 0 Å². The van der Waals surface area contributed by atoms with Crippen molar-refractivity contribution in [3.63, 3.8) is 0 Å². The summed E-state index contributed by atoms with van der Waals surface area (Å²) in [4.78, 5) is 16.3. The van der Waals surface area contributed by atoms with Gasteiger partial charge in [0, 0.05) is 38.2 Å². The summed E-state index contributed by atoms with van der Waals surface area (Å²) in [5, 5.41) is 9.89. The molecule has 26 heavy (non-hydrogen) atoms. The fourth-order valence-electron chi connectivity index (χ4n) is 4.11. The van der Waals surface area contributed by atoms with Crippen molar-refractivity contribution in [2.75, 3.05) is 25.5 Å². The van der Waals surface area contributed by atoms with Crippen molar-refractivity contribution in [2.24, 2.45) is 10.9 Å². The lowest BCUT2D eigenvalue weighted by Gasteiger charge is -2.27. The van der Waals surface area contributed by atoms with Gasteiger partial charge in [-0.25, -0.2) is 0 Å². The Morgan fingerprint density at radius 1 is 1.08 bits per heavy atom. The first kappa shape index (κ1) is 18.7. The summed E-state index contributed by atoms with van der Waals surface area (Å²) >= 11 is 0. The van der Waals surface area contributed by atoms with Gasteiger partial charge in [0.15, 0.2) is 5.96 Å². The predicted octanol–water partition coefficient (Wildman–Crippen LogP) is 3.64. The number of hydrogen-bond donors (Lipinski definition) is 3. The van der Waals surface area contributed by atoms with Crippen molar-refractivity contribution < 1.29 is 4.79 Å². The Kier molecular flexibility index (Phi) is 6.92. The Labute approximate surface area is 157 Å². The van der Waals surface area contributed by atoms with E-state index < -0.39 is 0 Å². The van der Waals surface area contributed by atoms with Gasteiger partial charge in [-0.1, -0.05) is 50.3 Å². The molecule has 0 spiro atoms. The Hall–Kier alpha value is -2.04. The highest BCUT2D eigenvalue weighted by atomic mass is 16.1. The number of carbonyl (C=O) groups excluding carboxylic acids is 1. The van der Waals surface area contributed by atoms with Crippen LogP contribution in [0.25, 0.3) is 0 Å². The van der Waals surface area contributed by atoms with E-state index in [0.717, 1.165) is 30.7 Å². The molecule has 1 aromatic carbocycles. The average molecular weight is 357 g/mol. The van der Waals surface area contributed by atoms with Gasteiger partial charge in [-0.3, -0.25) is 9.79 Å². The average Bonchev–Trinajstić information content (AvgIpc) is 2.62. The summed E-state index contributed by atoms with van der Waals surface area (Å²) in [6.07, 6.45) is 10.0. The first-order valence-corrected chi connectivity index (χ1v) is 10.1. The zero-order valence-corrected chi connectivity index (χ0v) is 15.9. The summed E-state index contributed by atoms with van der Waals surface area (Å²) in [6.45, 7) is 1.70. The molecule has 1 aromatic rings. The normalized spacial score (nSPS) is 22.0. The Morgan fingerprint density at radius 3 is 2.54 bits per heavy atom. The van der Waals surface area contributed by atoms with E-state index in [4.69, 9.17) is 0 Å². The van der Waals surface area contributed by atoms with Gasteiger partial charge in [-0.2, -0.15) is 0 Å². The molecule has 2 aliphatic rings. The third kappa shape index (κ3) is 5.23. The summed E-state index contributed by atoms with van der Waals surface area (Å²) < 4.78 is 0. The number of aliphatic imine (C=N–C) groups is 1. The molecule has 1 aliphatic heterocycles. The fraction of sp³-hybridized carbons (Fsp3) is 0.619. The largest absolute Gasteiger partial charge is 0.356 e. The van der Waals surface area contributed by atoms with Gasteiger partial charge >= 0.3 is 0 Å². The number of fused-ring (bicyclic) bond motifs is 1. The summed E-state index contributed by atoms with van der Waals surface area (Å²) in [5.41, 5.74) is 2.14. The van der Waals surface area contributed by atoms with Crippen molar-refractivity contribution in [2.45, 2.75) is 57.3 Å². The molecule has 1 fully saturated rings. The maximum Gasteiger partial charge on any atom is 0.225 e. The van der Waals surface area contributed by atoms with Crippen molar-refractivity contribution in [3.8, 4) is 0 Å². The van der Waals surface area contributed by atoms with Crippen LogP contribution in [0.4, 0.5) is 5.69 Å². The third-order valence-corrected chi connectivity index (χ3v) is 5.63. The van der Waals surface area contributed by atoms with Gasteiger partial charge in [-0.05, 0) is 30.4 Å². The highest BCUT2D eigenvalue weighted by Gasteiger charge is 2.24. The lowest BCUT2D eigenvalue weighted by molar-refractivity contribution is -0.116. The van der Waals surface area contributed by atoms with E-state index in [0.29, 0.717) is 6.42 Å². The quantitative estimate of drug-likeness (QED) is 0.570. The van der Waals surface area contributed by atoms with Crippen LogP contribution in [-0.2, 0) is 4.79 Å². The molecule has 1 aliphatic carbocycles. The number of anilines is 1. The van der Waals surface area contributed by atoms with Crippen molar-refractivity contribution in [1.82, 2.24) is 10.6 Å². The molecule has 1 unspecified atom stereocenters. The fourth-order valence-corrected chi connectivity index (χ4v) is 4.11. The lowest BCUT2D eigenvalue weighted by Crippen LogP contribution is -2.42. The van der Waals surface area contributed by atoms with Crippen LogP contribution in [0.1, 0.15) is 62.8 Å². The van der Waals surface area contributed by atoms with E-state index in [2.05, 4.69) is 27.0 Å². The third-order valence-electron chi connectivity index (χ3n) is 5.63. The molecule has 1 saturated carbocycles. The monoisotopic (exact) mass is 356 g/mol. The number of guanidine groups is 1. The molecule has 0 saturated heterocycles. The lowest BCUT2D eigenvalue weighted by atomic mass is 9.90. The molecule has 5 nitrogen and oxygen atoms in total. The first-order chi connectivity index (χ1) is 12.8. The summed E-state index contributed by atoms with van der Waals surface area (Å²) in [6, 6.07) is 8.07. The highest BCUT2D eigenvalue weighted by molar-refractivity contribution is 5.94. The molecule has 3 N–H and O–H groups in total. The molecule has 0 radical (unpaired) electrons. The number of nitrogens with one attached hydrogen (secondary N) is 3. The van der Waals surface area contributed by atoms with Crippen LogP contribution in [0.3, 0.4) is 0 Å². The second kappa shape index (κ2) is 9.60. The van der Waals surface area contributed by atoms with Crippen LogP contribution in [-0.4, -0.2) is 32.0 Å². The summed E-state index contributed by atoms with van der Waals surface area (Å²) in [5.74, 6) is 1.86. The molecular weight excluding hydrogens is 324 g/mol. The second-order valence-electron chi connectivity index (χ2n) is 7.58. The Morgan fingerprint density at radius 2 is 1.77 bits per heavy atom. The van der Waals surface area contributed by atoms with Gasteiger partial charge in [0.2, 0.25) is 5.91 Å². The number of para-hydroxylation sites is 1. The number of amides is 1. The van der Waals surface area contributed by atoms with Crippen LogP contribution in [0, 0.1) is 5.92 Å². The first-order valence-electron chi connectivity index (χ1n) is 10.1. The van der Waals surface area contributed by atoms with Crippen LogP contribution < -0.4 is 16.0 Å². The van der Waals surface area contributed by atoms with Gasteiger partial charge in [0.25, 0.3) is 0 Å². The zero-order chi connectivity index (χ0) is 18.2. The number of nitrogens with zero attached hydrogens (tertiary/aromatic N) is 1. The van der Waals surface area contributed by atoms with Gasteiger partial charge in [-0.15, -0.1) is 0 Å². The molecule has 1 heterocycles. The van der Waals surface area contributed by atoms with Gasteiger partial charge < -0.3 is 16.0 Å². The number of hydrogen-bond acceptors (Lipinski definition) is 2. The number of rotatable bonds is 4. The van der Waals surface area contributed by atoms with E-state index in [1.807, 2.05) is 25.2 Å². The SMILES string of the molecule is CN=C(NCC1CCCCCCC1)NCC1CC(=O)Nc2ccccc21. The predicted molar refractivity (Wildman–Crippen MR) is 108 cm³/mol. The number of carbonyl (C=O) groups is 1. The van der Waals surface area contributed by atoms with Crippen LogP contribution in [0.5, 0.6) is 0 Å². The molecule has 142 valence electrons.